The van der Waals surface area contributed by atoms with Gasteiger partial charge in [0.25, 0.3) is 0 Å². The largest absolute Gasteiger partial charge is 0.503 e. The molecule has 6 rings (SSSR count). The predicted molar refractivity (Wildman–Crippen MR) is 200 cm³/mol. The zero-order chi connectivity index (χ0) is 36.4. The Kier molecular flexibility index (Phi) is 9.74. The molecule has 0 aromatic carbocycles. The van der Waals surface area contributed by atoms with Gasteiger partial charge in [-0.1, -0.05) is 55.4 Å². The zero-order valence-electron chi connectivity index (χ0n) is 32.8. The van der Waals surface area contributed by atoms with E-state index in [0.29, 0.717) is 47.7 Å². The van der Waals surface area contributed by atoms with Crippen LogP contribution in [0.25, 0.3) is 0 Å². The van der Waals surface area contributed by atoms with Crippen molar-refractivity contribution in [3.05, 3.63) is 34.6 Å². The number of carbonyl (C=O) groups excluding carboxylic acids is 2. The molecule has 0 aromatic rings. The molecular weight excluding hydrogens is 624 g/mol. The SMILES string of the molecule is CNCCN1NC=N/C=C(/OC)CCC(=O)/C(O)=C\1C12CC[C@]3(C)C(CCC4C5(C)CCC(C)C(C)(C)[C@@H]5CCC43C)C1=C(C(C)C)C(=O)C2. The van der Waals surface area contributed by atoms with E-state index < -0.39 is 5.41 Å². The maximum atomic E-state index is 14.5. The average Bonchev–Trinajstić information content (AvgIpc) is 3.36. The number of likely N-dealkylation sites (N-methyl/N-ethyl adjacent to an activating group) is 1. The third kappa shape index (κ3) is 5.34. The number of nitrogens with one attached hydrogen (secondary N) is 2. The number of nitrogens with zero attached hydrogens (tertiary/aromatic N) is 2. The first-order valence-electron chi connectivity index (χ1n) is 19.7. The molecular formula is C42H66N4O4. The number of aliphatic imine (C=N–C) groups is 1. The van der Waals surface area contributed by atoms with E-state index >= 15 is 0 Å². The van der Waals surface area contributed by atoms with E-state index in [1.54, 1.807) is 19.6 Å². The smallest absolute Gasteiger partial charge is 0.199 e. The fraction of sp³-hybridized carbons (Fsp3) is 0.786. The van der Waals surface area contributed by atoms with Crippen LogP contribution < -0.4 is 10.7 Å². The highest BCUT2D eigenvalue weighted by molar-refractivity contribution is 6.02. The zero-order valence-corrected chi connectivity index (χ0v) is 32.8. The Balaban J connectivity index is 1.50. The maximum absolute atomic E-state index is 14.5. The van der Waals surface area contributed by atoms with Crippen molar-refractivity contribution in [1.82, 2.24) is 15.8 Å². The number of carbonyl (C=O) groups is 2. The number of allylic oxidation sites excluding steroid dienone is 4. The highest BCUT2D eigenvalue weighted by atomic mass is 16.5. The number of aliphatic hydroxyl groups excluding tert-OH is 1. The van der Waals surface area contributed by atoms with Crippen molar-refractivity contribution < 1.29 is 19.4 Å². The molecule has 0 spiro atoms. The summed E-state index contributed by atoms with van der Waals surface area (Å²) in [6.07, 6.45) is 12.9. The predicted octanol–water partition coefficient (Wildman–Crippen LogP) is 8.28. The van der Waals surface area contributed by atoms with Crippen molar-refractivity contribution in [2.45, 2.75) is 126 Å². The molecule has 3 N–H and O–H groups in total. The van der Waals surface area contributed by atoms with E-state index in [9.17, 15) is 14.7 Å². The molecule has 0 bridgehead atoms. The van der Waals surface area contributed by atoms with Gasteiger partial charge in [-0.3, -0.25) is 20.0 Å². The van der Waals surface area contributed by atoms with Gasteiger partial charge in [0.1, 0.15) is 12.1 Å². The summed E-state index contributed by atoms with van der Waals surface area (Å²) in [4.78, 5) is 32.9. The Morgan fingerprint density at radius 1 is 0.980 bits per heavy atom. The number of Topliss-reactive ketones (excluding diaryl/α,β-unsaturated/α-hetero) is 2. The Bertz CT molecular complexity index is 1510. The lowest BCUT2D eigenvalue weighted by Gasteiger charge is -2.72. The molecule has 5 aliphatic carbocycles. The number of hydrogen-bond donors (Lipinski definition) is 3. The molecule has 0 amide bonds. The number of aliphatic hydroxyl groups is 1. The number of hydrazine groups is 1. The third-order valence-electron chi connectivity index (χ3n) is 16.1. The van der Waals surface area contributed by atoms with Gasteiger partial charge in [0.05, 0.1) is 25.6 Å². The standard InChI is InChI=1S/C42H66N4O4/c1-26(2)34-31(48)23-42(37-36(49)30(47)13-11-28(50-10)24-44-25-45-46(37)22-21-43-9)20-19-40(7)29(35(34)42)12-14-33-39(6)17-15-27(3)38(4,5)32(39)16-18-41(33,40)8/h24-27,29,32-33,43,49H,11-23H2,1-10H3,(H,44,45)/b28-24+,37-36+/t27?,29?,32-,33?,39?,40+,41?,42?/m0/s1. The number of fused-ring (bicyclic) bond motifs is 7. The molecule has 0 saturated heterocycles. The molecule has 4 saturated carbocycles. The second-order valence-corrected chi connectivity index (χ2v) is 18.6. The molecule has 6 unspecified atom stereocenters. The first-order valence-corrected chi connectivity index (χ1v) is 19.7. The Hall–Kier alpha value is -2.61. The van der Waals surface area contributed by atoms with E-state index in [2.05, 4.69) is 71.1 Å². The monoisotopic (exact) mass is 691 g/mol. The number of rotatable bonds is 6. The highest BCUT2D eigenvalue weighted by Crippen LogP contribution is 2.77. The minimum Gasteiger partial charge on any atom is -0.503 e. The van der Waals surface area contributed by atoms with Gasteiger partial charge in [-0.15, -0.1) is 0 Å². The summed E-state index contributed by atoms with van der Waals surface area (Å²) in [5, 5.41) is 17.4. The topological polar surface area (TPSA) is 103 Å². The molecule has 50 heavy (non-hydrogen) atoms. The van der Waals surface area contributed by atoms with Crippen LogP contribution in [-0.2, 0) is 14.3 Å². The molecule has 6 aliphatic rings. The van der Waals surface area contributed by atoms with Crippen LogP contribution in [-0.4, -0.2) is 55.3 Å². The molecule has 8 nitrogen and oxygen atoms in total. The minimum atomic E-state index is -0.771. The molecule has 278 valence electrons. The van der Waals surface area contributed by atoms with Crippen molar-refractivity contribution >= 4 is 17.9 Å². The van der Waals surface area contributed by atoms with Crippen molar-refractivity contribution in [2.24, 2.45) is 61.7 Å². The van der Waals surface area contributed by atoms with Crippen LogP contribution in [0.1, 0.15) is 126 Å². The molecule has 0 aromatic heterocycles. The van der Waals surface area contributed by atoms with Crippen LogP contribution in [0.4, 0.5) is 0 Å². The summed E-state index contributed by atoms with van der Waals surface area (Å²) >= 11 is 0. The Morgan fingerprint density at radius 3 is 2.40 bits per heavy atom. The molecule has 4 fully saturated rings. The molecule has 1 heterocycles. The second kappa shape index (κ2) is 13.1. The summed E-state index contributed by atoms with van der Waals surface area (Å²) < 4.78 is 5.48. The van der Waals surface area contributed by atoms with Crippen LogP contribution in [0.5, 0.6) is 0 Å². The van der Waals surface area contributed by atoms with Crippen LogP contribution in [0.15, 0.2) is 39.6 Å². The first-order chi connectivity index (χ1) is 23.5. The van der Waals surface area contributed by atoms with Gasteiger partial charge in [0, 0.05) is 31.2 Å². The van der Waals surface area contributed by atoms with Crippen LogP contribution in [0, 0.1) is 56.7 Å². The maximum Gasteiger partial charge on any atom is 0.199 e. The second-order valence-electron chi connectivity index (χ2n) is 18.6. The lowest BCUT2D eigenvalue weighted by molar-refractivity contribution is -0.219. The van der Waals surface area contributed by atoms with E-state index in [1.807, 2.05) is 12.1 Å². The fourth-order valence-corrected chi connectivity index (χ4v) is 13.1. The molecule has 0 radical (unpaired) electrons. The van der Waals surface area contributed by atoms with Crippen LogP contribution in [0.3, 0.4) is 0 Å². The van der Waals surface area contributed by atoms with Gasteiger partial charge in [-0.05, 0) is 121 Å². The summed E-state index contributed by atoms with van der Waals surface area (Å²) in [6, 6.07) is 0. The fourth-order valence-electron chi connectivity index (χ4n) is 13.1. The summed E-state index contributed by atoms with van der Waals surface area (Å²) in [7, 11) is 3.47. The lowest BCUT2D eigenvalue weighted by Crippen LogP contribution is -2.65. The highest BCUT2D eigenvalue weighted by Gasteiger charge is 2.70. The number of methoxy groups -OCH3 is 1. The Labute approximate surface area is 302 Å². The Morgan fingerprint density at radius 2 is 1.72 bits per heavy atom. The molecule has 8 atom stereocenters. The van der Waals surface area contributed by atoms with Crippen molar-refractivity contribution in [2.75, 3.05) is 27.2 Å². The van der Waals surface area contributed by atoms with Crippen molar-refractivity contribution in [3.63, 3.8) is 0 Å². The van der Waals surface area contributed by atoms with E-state index in [0.717, 1.165) is 43.1 Å². The first kappa shape index (κ1) is 37.2. The molecule has 1 aliphatic heterocycles. The summed E-state index contributed by atoms with van der Waals surface area (Å²) in [5.74, 6) is 2.54. The minimum absolute atomic E-state index is 0.00364. The van der Waals surface area contributed by atoms with E-state index in [4.69, 9.17) is 4.74 Å². The van der Waals surface area contributed by atoms with Crippen LogP contribution >= 0.6 is 0 Å². The van der Waals surface area contributed by atoms with Crippen molar-refractivity contribution in [3.8, 4) is 0 Å². The lowest BCUT2D eigenvalue weighted by atomic mass is 9.32. The third-order valence-corrected chi connectivity index (χ3v) is 16.1. The van der Waals surface area contributed by atoms with Gasteiger partial charge < -0.3 is 15.2 Å². The van der Waals surface area contributed by atoms with Gasteiger partial charge in [-0.25, -0.2) is 4.99 Å². The normalized spacial score (nSPS) is 42.9. The number of ether oxygens (including phenoxy) is 1. The van der Waals surface area contributed by atoms with Gasteiger partial charge in [0.2, 0.25) is 0 Å². The van der Waals surface area contributed by atoms with Gasteiger partial charge in [-0.2, -0.15) is 0 Å². The average molecular weight is 691 g/mol. The van der Waals surface area contributed by atoms with E-state index in [1.165, 1.54) is 31.3 Å². The quantitative estimate of drug-likeness (QED) is 0.258. The van der Waals surface area contributed by atoms with Crippen LogP contribution in [0.2, 0.25) is 0 Å². The molecule has 8 heteroatoms. The summed E-state index contributed by atoms with van der Waals surface area (Å²) in [5.41, 5.74) is 6.05. The van der Waals surface area contributed by atoms with Gasteiger partial charge >= 0.3 is 0 Å². The number of ketones is 2. The van der Waals surface area contributed by atoms with E-state index in [-0.39, 0.29) is 52.8 Å². The van der Waals surface area contributed by atoms with Gasteiger partial charge in [0.15, 0.2) is 17.3 Å². The summed E-state index contributed by atoms with van der Waals surface area (Å²) in [6.45, 7) is 20.8. The number of hydrogen-bond acceptors (Lipinski definition) is 8. The van der Waals surface area contributed by atoms with Crippen molar-refractivity contribution in [1.29, 1.82) is 0 Å².